The van der Waals surface area contributed by atoms with Crippen LogP contribution in [0.5, 0.6) is 0 Å². The van der Waals surface area contributed by atoms with E-state index in [1.54, 1.807) is 0 Å². The lowest BCUT2D eigenvalue weighted by atomic mass is 10.1. The number of rotatable bonds is 5. The molecule has 1 heterocycles. The molecule has 20 heavy (non-hydrogen) atoms. The Hall–Kier alpha value is -1.70. The van der Waals surface area contributed by atoms with Crippen LogP contribution < -0.4 is 0 Å². The van der Waals surface area contributed by atoms with Crippen LogP contribution in [0.2, 0.25) is 0 Å². The molecule has 1 aromatic carbocycles. The highest BCUT2D eigenvalue weighted by Crippen LogP contribution is 2.19. The molecule has 0 spiro atoms. The summed E-state index contributed by atoms with van der Waals surface area (Å²) in [6, 6.07) is 9.50. The molecule has 1 aromatic heterocycles. The fraction of sp³-hybridized carbons (Fsp3) is 0.333. The van der Waals surface area contributed by atoms with E-state index in [1.807, 2.05) is 30.3 Å². The first kappa shape index (κ1) is 14.7. The Balaban J connectivity index is 1.91. The van der Waals surface area contributed by atoms with Crippen molar-refractivity contribution < 1.29 is 17.4 Å². The topological polar surface area (TPSA) is 47.8 Å². The van der Waals surface area contributed by atoms with Crippen molar-refractivity contribution in [1.82, 2.24) is 14.8 Å². The molecule has 0 fully saturated rings. The second kappa shape index (κ2) is 6.17. The second-order valence-electron chi connectivity index (χ2n) is 4.08. The highest BCUT2D eigenvalue weighted by molar-refractivity contribution is 7.85. The molecule has 108 valence electrons. The number of benzene rings is 1. The van der Waals surface area contributed by atoms with Crippen molar-refractivity contribution in [2.75, 3.05) is 5.75 Å². The third kappa shape index (κ3) is 4.16. The Labute approximate surface area is 116 Å². The first-order valence-electron chi connectivity index (χ1n) is 5.82. The maximum atomic E-state index is 12.1. The molecule has 1 unspecified atom stereocenters. The number of halogens is 3. The van der Waals surface area contributed by atoms with E-state index in [2.05, 4.69) is 10.1 Å². The van der Waals surface area contributed by atoms with Crippen molar-refractivity contribution in [2.24, 2.45) is 0 Å². The van der Waals surface area contributed by atoms with Crippen LogP contribution in [-0.2, 0) is 23.8 Å². The molecule has 0 amide bonds. The van der Waals surface area contributed by atoms with Crippen LogP contribution in [0.25, 0.3) is 0 Å². The summed E-state index contributed by atoms with van der Waals surface area (Å²) in [6.07, 6.45) is 1.86. The van der Waals surface area contributed by atoms with Gasteiger partial charge in [0.25, 0.3) is 0 Å². The Morgan fingerprint density at radius 1 is 1.20 bits per heavy atom. The normalized spacial score (nSPS) is 13.3. The molecule has 0 saturated heterocycles. The highest BCUT2D eigenvalue weighted by Gasteiger charge is 2.36. The van der Waals surface area contributed by atoms with Gasteiger partial charge < -0.3 is 0 Å². The summed E-state index contributed by atoms with van der Waals surface area (Å²) in [6.45, 7) is -0.0755. The molecule has 4 nitrogen and oxygen atoms in total. The number of aryl methyl sites for hydroxylation is 1. The third-order valence-corrected chi connectivity index (χ3v) is 3.62. The first-order valence-corrected chi connectivity index (χ1v) is 7.14. The first-order chi connectivity index (χ1) is 9.45. The van der Waals surface area contributed by atoms with E-state index >= 15 is 0 Å². The van der Waals surface area contributed by atoms with Gasteiger partial charge in [-0.05, 0) is 5.56 Å². The molecule has 0 bridgehead atoms. The van der Waals surface area contributed by atoms with Gasteiger partial charge in [-0.2, -0.15) is 18.3 Å². The van der Waals surface area contributed by atoms with Gasteiger partial charge in [0.2, 0.25) is 0 Å². The maximum Gasteiger partial charge on any atom is 0.471 e. The van der Waals surface area contributed by atoms with E-state index in [9.17, 15) is 17.4 Å². The van der Waals surface area contributed by atoms with E-state index in [1.165, 1.54) is 11.0 Å². The fourth-order valence-corrected chi connectivity index (χ4v) is 2.18. The zero-order valence-electron chi connectivity index (χ0n) is 10.4. The van der Waals surface area contributed by atoms with E-state index < -0.39 is 22.1 Å². The van der Waals surface area contributed by atoms with Crippen molar-refractivity contribution in [3.8, 4) is 0 Å². The van der Waals surface area contributed by atoms with Crippen molar-refractivity contribution in [3.63, 3.8) is 0 Å². The van der Waals surface area contributed by atoms with Crippen molar-refractivity contribution in [3.05, 3.63) is 48.0 Å². The molecule has 0 N–H and O–H groups in total. The lowest BCUT2D eigenvalue weighted by Gasteiger charge is -2.05. The van der Waals surface area contributed by atoms with Gasteiger partial charge in [0.05, 0.1) is 12.3 Å². The zero-order chi connectivity index (χ0) is 14.6. The van der Waals surface area contributed by atoms with E-state index in [0.717, 1.165) is 5.56 Å². The summed E-state index contributed by atoms with van der Waals surface area (Å²) < 4.78 is 48.4. The molecule has 2 aromatic rings. The Kier molecular flexibility index (Phi) is 4.53. The second-order valence-corrected chi connectivity index (χ2v) is 5.64. The lowest BCUT2D eigenvalue weighted by Crippen LogP contribution is -2.21. The predicted molar refractivity (Wildman–Crippen MR) is 68.3 cm³/mol. The highest BCUT2D eigenvalue weighted by atomic mass is 32.2. The van der Waals surface area contributed by atoms with Crippen LogP contribution in [0.3, 0.4) is 0 Å². The third-order valence-electron chi connectivity index (χ3n) is 2.55. The average Bonchev–Trinajstić information content (AvgIpc) is 2.83. The van der Waals surface area contributed by atoms with Crippen LogP contribution in [0.15, 0.2) is 36.7 Å². The van der Waals surface area contributed by atoms with Crippen LogP contribution in [0.4, 0.5) is 13.2 Å². The van der Waals surface area contributed by atoms with E-state index in [0.29, 0.717) is 12.2 Å². The van der Waals surface area contributed by atoms with Gasteiger partial charge in [0.15, 0.2) is 5.82 Å². The summed E-state index contributed by atoms with van der Waals surface area (Å²) >= 11 is 0. The zero-order valence-corrected chi connectivity index (χ0v) is 11.2. The molecule has 0 aliphatic carbocycles. The van der Waals surface area contributed by atoms with Gasteiger partial charge in [-0.15, -0.1) is 0 Å². The molecule has 2 rings (SSSR count). The largest absolute Gasteiger partial charge is 0.471 e. The van der Waals surface area contributed by atoms with Crippen molar-refractivity contribution >= 4 is 10.8 Å². The van der Waals surface area contributed by atoms with Gasteiger partial charge in [-0.25, -0.2) is 4.98 Å². The molecule has 0 aliphatic rings. The summed E-state index contributed by atoms with van der Waals surface area (Å²) in [7, 11) is -2.86. The number of nitrogens with zero attached hydrogens (tertiary/aromatic N) is 3. The SMILES string of the molecule is O=S(CCn1cnc(Cc2ccccc2)n1)C(F)(F)F. The molecule has 0 aliphatic heterocycles. The van der Waals surface area contributed by atoms with Gasteiger partial charge >= 0.3 is 5.51 Å². The smallest absolute Gasteiger partial charge is 0.252 e. The Bertz CT molecular complexity index is 583. The summed E-state index contributed by atoms with van der Waals surface area (Å²) in [5.41, 5.74) is -3.66. The van der Waals surface area contributed by atoms with Crippen molar-refractivity contribution in [1.29, 1.82) is 0 Å². The summed E-state index contributed by atoms with van der Waals surface area (Å²) in [5.74, 6) is 0.00598. The minimum Gasteiger partial charge on any atom is -0.252 e. The van der Waals surface area contributed by atoms with Crippen LogP contribution in [-0.4, -0.2) is 30.2 Å². The standard InChI is InChI=1S/C12H12F3N3OS/c13-12(14,15)20(19)7-6-18-9-16-11(17-18)8-10-4-2-1-3-5-10/h1-5,9H,6-8H2. The molecule has 1 atom stereocenters. The van der Waals surface area contributed by atoms with Crippen LogP contribution in [0.1, 0.15) is 11.4 Å². The van der Waals surface area contributed by atoms with Crippen LogP contribution in [0, 0.1) is 0 Å². The Morgan fingerprint density at radius 2 is 1.90 bits per heavy atom. The average molecular weight is 303 g/mol. The predicted octanol–water partition coefficient (Wildman–Crippen LogP) is 2.14. The molecule has 8 heteroatoms. The van der Waals surface area contributed by atoms with Gasteiger partial charge in [0.1, 0.15) is 17.1 Å². The Morgan fingerprint density at radius 3 is 2.55 bits per heavy atom. The van der Waals surface area contributed by atoms with E-state index in [-0.39, 0.29) is 6.54 Å². The van der Waals surface area contributed by atoms with Gasteiger partial charge in [0, 0.05) is 6.42 Å². The number of aromatic nitrogens is 3. The quantitative estimate of drug-likeness (QED) is 0.850. The number of hydrogen-bond acceptors (Lipinski definition) is 3. The van der Waals surface area contributed by atoms with Gasteiger partial charge in [-0.1, -0.05) is 30.3 Å². The fourth-order valence-electron chi connectivity index (χ4n) is 1.59. The number of hydrogen-bond donors (Lipinski definition) is 0. The molecule has 0 radical (unpaired) electrons. The molecular weight excluding hydrogens is 291 g/mol. The minimum atomic E-state index is -4.67. The summed E-state index contributed by atoms with van der Waals surface area (Å²) in [4.78, 5) is 4.02. The van der Waals surface area contributed by atoms with Gasteiger partial charge in [-0.3, -0.25) is 8.89 Å². The summed E-state index contributed by atoms with van der Waals surface area (Å²) in [5, 5.41) is 4.06. The maximum absolute atomic E-state index is 12.1. The monoisotopic (exact) mass is 303 g/mol. The lowest BCUT2D eigenvalue weighted by molar-refractivity contribution is -0.0384. The number of alkyl halides is 3. The molecule has 0 saturated carbocycles. The minimum absolute atomic E-state index is 0.0755. The van der Waals surface area contributed by atoms with Crippen LogP contribution >= 0.6 is 0 Å². The van der Waals surface area contributed by atoms with Crippen molar-refractivity contribution in [2.45, 2.75) is 18.5 Å². The van der Waals surface area contributed by atoms with E-state index in [4.69, 9.17) is 0 Å². The molecular formula is C12H12F3N3OS.